The van der Waals surface area contributed by atoms with Crippen LogP contribution in [0.5, 0.6) is 0 Å². The largest absolute Gasteiger partial charge is 0.462 e. The Hall–Kier alpha value is -4.19. The van der Waals surface area contributed by atoms with Gasteiger partial charge in [-0.05, 0) is 116 Å². The second-order valence-corrected chi connectivity index (χ2v) is 15.6. The van der Waals surface area contributed by atoms with Crippen molar-refractivity contribution in [3.63, 3.8) is 0 Å². The Morgan fingerprint density at radius 1 is 0.355 bits per heavy atom. The van der Waals surface area contributed by atoms with Gasteiger partial charge in [0.25, 0.3) is 0 Å². The van der Waals surface area contributed by atoms with Gasteiger partial charge in [-0.15, -0.1) is 0 Å². The molecule has 0 fully saturated rings. The van der Waals surface area contributed by atoms with Crippen LogP contribution in [0.25, 0.3) is 0 Å². The van der Waals surface area contributed by atoms with Crippen molar-refractivity contribution < 1.29 is 28.6 Å². The van der Waals surface area contributed by atoms with Crippen molar-refractivity contribution in [1.82, 2.24) is 0 Å². The van der Waals surface area contributed by atoms with Gasteiger partial charge in [0.05, 0.1) is 0 Å². The molecule has 0 saturated carbocycles. The van der Waals surface area contributed by atoms with Crippen molar-refractivity contribution in [2.45, 2.75) is 200 Å². The van der Waals surface area contributed by atoms with E-state index in [-0.39, 0.29) is 44.0 Å². The molecule has 1 unspecified atom stereocenters. The van der Waals surface area contributed by atoms with E-state index in [0.29, 0.717) is 19.3 Å². The number of rotatable bonds is 42. The molecule has 348 valence electrons. The molecule has 0 aliphatic rings. The smallest absolute Gasteiger partial charge is 0.306 e. The monoisotopic (exact) mass is 857 g/mol. The lowest BCUT2D eigenvalue weighted by Crippen LogP contribution is -2.30. The zero-order valence-electron chi connectivity index (χ0n) is 39.6. The first-order valence-electron chi connectivity index (χ1n) is 24.6. The van der Waals surface area contributed by atoms with Crippen LogP contribution in [0.3, 0.4) is 0 Å². The maximum Gasteiger partial charge on any atom is 0.306 e. The van der Waals surface area contributed by atoms with Crippen LogP contribution in [0.1, 0.15) is 194 Å². The number of unbranched alkanes of at least 4 members (excludes halogenated alkanes) is 12. The summed E-state index contributed by atoms with van der Waals surface area (Å²) < 4.78 is 16.7. The summed E-state index contributed by atoms with van der Waals surface area (Å²) in [5, 5.41) is 0. The Labute approximate surface area is 380 Å². The number of hydrogen-bond acceptors (Lipinski definition) is 6. The fourth-order valence-corrected chi connectivity index (χ4v) is 6.07. The molecular weight excluding hydrogens is 769 g/mol. The van der Waals surface area contributed by atoms with Crippen LogP contribution in [-0.2, 0) is 28.6 Å². The lowest BCUT2D eigenvalue weighted by molar-refractivity contribution is -0.167. The normalized spacial score (nSPS) is 13.1. The van der Waals surface area contributed by atoms with Crippen LogP contribution >= 0.6 is 0 Å². The predicted octanol–water partition coefficient (Wildman–Crippen LogP) is 16.1. The van der Waals surface area contributed by atoms with E-state index >= 15 is 0 Å². The average Bonchev–Trinajstić information content (AvgIpc) is 3.27. The van der Waals surface area contributed by atoms with E-state index in [1.807, 2.05) is 0 Å². The molecule has 0 aliphatic carbocycles. The predicted molar refractivity (Wildman–Crippen MR) is 265 cm³/mol. The molecule has 0 radical (unpaired) electrons. The highest BCUT2D eigenvalue weighted by Gasteiger charge is 2.19. The molecule has 6 heteroatoms. The summed E-state index contributed by atoms with van der Waals surface area (Å²) in [6.07, 6.45) is 67.6. The van der Waals surface area contributed by atoms with Crippen molar-refractivity contribution in [3.8, 4) is 0 Å². The number of ether oxygens (including phenoxy) is 3. The summed E-state index contributed by atoms with van der Waals surface area (Å²) in [6, 6.07) is 0. The number of allylic oxidation sites excluding steroid dienone is 20. The van der Waals surface area contributed by atoms with Crippen LogP contribution < -0.4 is 0 Å². The summed E-state index contributed by atoms with van der Waals surface area (Å²) in [4.78, 5) is 37.9. The van der Waals surface area contributed by atoms with Gasteiger partial charge in [-0.25, -0.2) is 0 Å². The average molecular weight is 857 g/mol. The van der Waals surface area contributed by atoms with Gasteiger partial charge < -0.3 is 14.2 Å². The molecule has 0 heterocycles. The van der Waals surface area contributed by atoms with Gasteiger partial charge in [-0.1, -0.05) is 181 Å². The summed E-state index contributed by atoms with van der Waals surface area (Å²) in [6.45, 7) is 6.25. The van der Waals surface area contributed by atoms with Gasteiger partial charge in [-0.3, -0.25) is 14.4 Å². The minimum atomic E-state index is -0.825. The van der Waals surface area contributed by atoms with Crippen molar-refractivity contribution in [3.05, 3.63) is 122 Å². The Kier molecular flexibility index (Phi) is 46.1. The molecule has 1 atom stereocenters. The maximum atomic E-state index is 12.8. The molecule has 62 heavy (non-hydrogen) atoms. The van der Waals surface area contributed by atoms with Gasteiger partial charge >= 0.3 is 17.9 Å². The molecule has 0 aromatic carbocycles. The molecule has 0 rings (SSSR count). The Balaban J connectivity index is 4.57. The van der Waals surface area contributed by atoms with Crippen molar-refractivity contribution >= 4 is 17.9 Å². The maximum absolute atomic E-state index is 12.8. The summed E-state index contributed by atoms with van der Waals surface area (Å²) >= 11 is 0. The van der Waals surface area contributed by atoms with Crippen LogP contribution in [0.2, 0.25) is 0 Å². The fraction of sp³-hybridized carbons (Fsp3) is 0.589. The highest BCUT2D eigenvalue weighted by atomic mass is 16.6. The molecule has 0 bridgehead atoms. The van der Waals surface area contributed by atoms with E-state index in [0.717, 1.165) is 109 Å². The number of esters is 3. The van der Waals surface area contributed by atoms with Crippen molar-refractivity contribution in [1.29, 1.82) is 0 Å². The van der Waals surface area contributed by atoms with Crippen molar-refractivity contribution in [2.75, 3.05) is 13.2 Å². The lowest BCUT2D eigenvalue weighted by atomic mass is 10.1. The van der Waals surface area contributed by atoms with Gasteiger partial charge in [0, 0.05) is 19.3 Å². The van der Waals surface area contributed by atoms with E-state index in [4.69, 9.17) is 14.2 Å². The number of carbonyl (C=O) groups excluding carboxylic acids is 3. The first-order chi connectivity index (χ1) is 30.5. The van der Waals surface area contributed by atoms with E-state index in [9.17, 15) is 14.4 Å². The zero-order valence-corrected chi connectivity index (χ0v) is 39.6. The first-order valence-corrected chi connectivity index (χ1v) is 24.6. The van der Waals surface area contributed by atoms with Gasteiger partial charge in [-0.2, -0.15) is 0 Å². The minimum absolute atomic E-state index is 0.124. The van der Waals surface area contributed by atoms with E-state index in [2.05, 4.69) is 142 Å². The van der Waals surface area contributed by atoms with E-state index in [1.165, 1.54) is 32.1 Å². The van der Waals surface area contributed by atoms with Crippen LogP contribution in [0.15, 0.2) is 122 Å². The third kappa shape index (κ3) is 46.9. The molecule has 0 aliphatic heterocycles. The highest BCUT2D eigenvalue weighted by Crippen LogP contribution is 2.12. The van der Waals surface area contributed by atoms with Crippen LogP contribution in [0, 0.1) is 0 Å². The number of hydrogen-bond donors (Lipinski definition) is 0. The van der Waals surface area contributed by atoms with Crippen molar-refractivity contribution in [2.24, 2.45) is 0 Å². The molecule has 0 amide bonds. The van der Waals surface area contributed by atoms with Gasteiger partial charge in [0.1, 0.15) is 13.2 Å². The second kappa shape index (κ2) is 49.5. The lowest BCUT2D eigenvalue weighted by Gasteiger charge is -2.18. The summed E-state index contributed by atoms with van der Waals surface area (Å²) in [7, 11) is 0. The van der Waals surface area contributed by atoms with Crippen LogP contribution in [0.4, 0.5) is 0 Å². The number of carbonyl (C=O) groups is 3. The molecule has 0 aromatic rings. The zero-order chi connectivity index (χ0) is 45.1. The highest BCUT2D eigenvalue weighted by molar-refractivity contribution is 5.71. The Bertz CT molecular complexity index is 1350. The van der Waals surface area contributed by atoms with Gasteiger partial charge in [0.2, 0.25) is 0 Å². The van der Waals surface area contributed by atoms with E-state index in [1.54, 1.807) is 0 Å². The topological polar surface area (TPSA) is 78.9 Å². The Morgan fingerprint density at radius 2 is 0.694 bits per heavy atom. The molecular formula is C56H88O6. The molecule has 0 aromatic heterocycles. The standard InChI is InChI=1S/C56H88O6/c1-4-7-10-13-16-19-22-25-27-28-30-31-34-37-40-43-46-49-55(58)61-52-53(51-60-54(57)48-45-42-39-36-33-24-21-18-15-12-9-6-3)62-56(59)50-47-44-41-38-35-32-29-26-23-20-17-14-11-8-5-2/h7,9-10,12,16-21,23,25-27,30-31,33,36-37,40,53H,4-6,8,11,13-15,22,24,28-29,32,34-35,38-39,41-52H2,1-3H3/b10-7-,12-9-,19-16-,20-17-,21-18-,26-23-,27-25-,31-30-,36-33-,40-37-. The van der Waals surface area contributed by atoms with E-state index < -0.39 is 6.10 Å². The van der Waals surface area contributed by atoms with Gasteiger partial charge in [0.15, 0.2) is 6.10 Å². The second-order valence-electron chi connectivity index (χ2n) is 15.6. The SMILES string of the molecule is CC/C=C\C/C=C\C/C=C\C/C=C\C/C=C\CCCC(=O)OCC(COC(=O)CCCC/C=C\C/C=C\C/C=C\CC)OC(=O)CCCCCCCC/C=C\C=C/CCCCC. The fourth-order valence-electron chi connectivity index (χ4n) is 6.07. The molecule has 0 spiro atoms. The summed E-state index contributed by atoms with van der Waals surface area (Å²) in [5.41, 5.74) is 0. The minimum Gasteiger partial charge on any atom is -0.462 e. The molecule has 6 nitrogen and oxygen atoms in total. The first kappa shape index (κ1) is 57.8. The quantitative estimate of drug-likeness (QED) is 0.0200. The van der Waals surface area contributed by atoms with Crippen LogP contribution in [-0.4, -0.2) is 37.2 Å². The Morgan fingerprint density at radius 3 is 1.18 bits per heavy atom. The summed E-state index contributed by atoms with van der Waals surface area (Å²) in [5.74, 6) is -1.04. The third-order valence-electron chi connectivity index (χ3n) is 9.71. The molecule has 0 N–H and O–H groups in total. The third-order valence-corrected chi connectivity index (χ3v) is 9.71. The molecule has 0 saturated heterocycles.